The molecule has 1 aromatic carbocycles. The smallest absolute Gasteiger partial charge is 0.202 e. The molecule has 1 aromatic heterocycles. The molecule has 0 spiro atoms. The number of hydrogen-bond donors (Lipinski definition) is 1. The molecule has 96 valence electrons. The maximum absolute atomic E-state index is 13.3. The van der Waals surface area contributed by atoms with Crippen molar-refractivity contribution in [2.45, 2.75) is 13.8 Å². The van der Waals surface area contributed by atoms with Crippen LogP contribution in [0, 0.1) is 11.7 Å². The summed E-state index contributed by atoms with van der Waals surface area (Å²) in [4.78, 5) is 4.34. The molecule has 6 heteroatoms. The van der Waals surface area contributed by atoms with E-state index in [1.165, 1.54) is 23.7 Å². The molecule has 2 aromatic rings. The van der Waals surface area contributed by atoms with Gasteiger partial charge in [-0.1, -0.05) is 29.8 Å². The van der Waals surface area contributed by atoms with Crippen LogP contribution in [-0.2, 0) is 0 Å². The second-order valence-corrected chi connectivity index (χ2v) is 6.02. The summed E-state index contributed by atoms with van der Waals surface area (Å²) >= 11 is 4.55. The molecule has 2 rings (SSSR count). The van der Waals surface area contributed by atoms with Crippen molar-refractivity contribution in [1.82, 2.24) is 9.36 Å². The van der Waals surface area contributed by atoms with Crippen molar-refractivity contribution in [2.75, 3.05) is 11.9 Å². The van der Waals surface area contributed by atoms with Gasteiger partial charge >= 0.3 is 0 Å². The molecule has 0 unspecified atom stereocenters. The number of benzene rings is 1. The van der Waals surface area contributed by atoms with Gasteiger partial charge in [0.15, 0.2) is 5.82 Å². The molecule has 3 nitrogen and oxygen atoms in total. The number of halogens is 2. The Kier molecular flexibility index (Phi) is 4.29. The molecule has 1 N–H and O–H groups in total. The van der Waals surface area contributed by atoms with E-state index in [4.69, 9.17) is 0 Å². The fourth-order valence-electron chi connectivity index (χ4n) is 1.39. The largest absolute Gasteiger partial charge is 0.360 e. The van der Waals surface area contributed by atoms with E-state index in [1.807, 2.05) is 0 Å². The summed E-state index contributed by atoms with van der Waals surface area (Å²) in [6, 6.07) is 4.64. The maximum atomic E-state index is 13.3. The summed E-state index contributed by atoms with van der Waals surface area (Å²) in [5, 5.41) is 3.97. The van der Waals surface area contributed by atoms with E-state index in [0.29, 0.717) is 21.8 Å². The van der Waals surface area contributed by atoms with Crippen LogP contribution < -0.4 is 5.32 Å². The number of hydrogen-bond acceptors (Lipinski definition) is 4. The van der Waals surface area contributed by atoms with E-state index in [0.717, 1.165) is 11.7 Å². The second kappa shape index (κ2) is 5.75. The van der Waals surface area contributed by atoms with Gasteiger partial charge in [0.25, 0.3) is 0 Å². The first-order chi connectivity index (χ1) is 8.54. The number of aromatic nitrogens is 2. The van der Waals surface area contributed by atoms with Crippen LogP contribution in [0.1, 0.15) is 13.8 Å². The van der Waals surface area contributed by atoms with Gasteiger partial charge in [0.05, 0.1) is 0 Å². The number of nitrogens with zero attached hydrogens (tertiary/aromatic N) is 2. The van der Waals surface area contributed by atoms with E-state index in [2.05, 4.69) is 44.5 Å². The quantitative estimate of drug-likeness (QED) is 0.914. The Morgan fingerprint density at radius 1 is 1.39 bits per heavy atom. The molecule has 0 aliphatic heterocycles. The van der Waals surface area contributed by atoms with Crippen LogP contribution in [0.3, 0.4) is 0 Å². The zero-order chi connectivity index (χ0) is 13.1. The van der Waals surface area contributed by atoms with Crippen molar-refractivity contribution < 1.29 is 4.39 Å². The van der Waals surface area contributed by atoms with Crippen molar-refractivity contribution in [1.29, 1.82) is 0 Å². The number of rotatable bonds is 4. The summed E-state index contributed by atoms with van der Waals surface area (Å²) < 4.78 is 18.2. The summed E-state index contributed by atoms with van der Waals surface area (Å²) in [6.07, 6.45) is 0. The third-order valence-electron chi connectivity index (χ3n) is 2.21. The number of nitrogens with one attached hydrogen (secondary N) is 1. The molecule has 1 heterocycles. The van der Waals surface area contributed by atoms with Gasteiger partial charge in [-0.15, -0.1) is 0 Å². The molecule has 18 heavy (non-hydrogen) atoms. The Hall–Kier alpha value is -1.01. The molecule has 0 amide bonds. The molecule has 0 fully saturated rings. The molecular weight excluding hydrogens is 317 g/mol. The lowest BCUT2D eigenvalue weighted by Crippen LogP contribution is -2.07. The van der Waals surface area contributed by atoms with Gasteiger partial charge in [-0.05, 0) is 24.1 Å². The fourth-order valence-corrected chi connectivity index (χ4v) is 2.45. The van der Waals surface area contributed by atoms with Gasteiger partial charge in [0, 0.05) is 28.1 Å². The zero-order valence-electron chi connectivity index (χ0n) is 10.1. The van der Waals surface area contributed by atoms with Gasteiger partial charge in [-0.2, -0.15) is 9.36 Å². The Morgan fingerprint density at radius 3 is 2.83 bits per heavy atom. The van der Waals surface area contributed by atoms with Gasteiger partial charge in [0.1, 0.15) is 5.82 Å². The summed E-state index contributed by atoms with van der Waals surface area (Å²) in [7, 11) is 0. The van der Waals surface area contributed by atoms with Crippen LogP contribution in [0.15, 0.2) is 22.7 Å². The third-order valence-corrected chi connectivity index (χ3v) is 3.34. The van der Waals surface area contributed by atoms with Gasteiger partial charge < -0.3 is 5.32 Å². The van der Waals surface area contributed by atoms with E-state index in [-0.39, 0.29) is 5.82 Å². The van der Waals surface area contributed by atoms with Crippen molar-refractivity contribution in [3.8, 4) is 11.4 Å². The molecule has 0 atom stereocenters. The molecule has 0 aliphatic rings. The van der Waals surface area contributed by atoms with Gasteiger partial charge in [-0.25, -0.2) is 4.39 Å². The number of anilines is 1. The lowest BCUT2D eigenvalue weighted by Gasteiger charge is -2.03. The predicted molar refractivity (Wildman–Crippen MR) is 76.3 cm³/mol. The fraction of sp³-hybridized carbons (Fsp3) is 0.333. The molecule has 0 radical (unpaired) electrons. The average molecular weight is 330 g/mol. The maximum Gasteiger partial charge on any atom is 0.202 e. The second-order valence-electron chi connectivity index (χ2n) is 4.36. The third kappa shape index (κ3) is 3.49. The lowest BCUT2D eigenvalue weighted by molar-refractivity contribution is 0.627. The standard InChI is InChI=1S/C12H13BrFN3S/c1-7(2)6-15-12-16-11(17-18-12)8-3-9(13)5-10(14)4-8/h3-5,7H,6H2,1-2H3,(H,15,16,17). The Bertz CT molecular complexity index is 522. The van der Waals surface area contributed by atoms with E-state index in [9.17, 15) is 4.39 Å². The van der Waals surface area contributed by atoms with Crippen molar-refractivity contribution in [3.63, 3.8) is 0 Å². The molecular formula is C12H13BrFN3S. The highest BCUT2D eigenvalue weighted by Gasteiger charge is 2.08. The van der Waals surface area contributed by atoms with Crippen LogP contribution in [-0.4, -0.2) is 15.9 Å². The van der Waals surface area contributed by atoms with E-state index < -0.39 is 0 Å². The van der Waals surface area contributed by atoms with Crippen LogP contribution in [0.25, 0.3) is 11.4 Å². The SMILES string of the molecule is CC(C)CNc1nc(-c2cc(F)cc(Br)c2)ns1. The predicted octanol–water partition coefficient (Wildman–Crippen LogP) is 4.17. The molecule has 0 saturated carbocycles. The van der Waals surface area contributed by atoms with Crippen LogP contribution in [0.4, 0.5) is 9.52 Å². The highest BCUT2D eigenvalue weighted by Crippen LogP contribution is 2.25. The first-order valence-corrected chi connectivity index (χ1v) is 7.15. The normalized spacial score (nSPS) is 10.9. The van der Waals surface area contributed by atoms with E-state index in [1.54, 1.807) is 6.07 Å². The Balaban J connectivity index is 2.18. The highest BCUT2D eigenvalue weighted by molar-refractivity contribution is 9.10. The minimum atomic E-state index is -0.300. The van der Waals surface area contributed by atoms with E-state index >= 15 is 0 Å². The molecule has 0 aliphatic carbocycles. The minimum Gasteiger partial charge on any atom is -0.360 e. The van der Waals surface area contributed by atoms with Crippen molar-refractivity contribution >= 4 is 32.6 Å². The first kappa shape index (κ1) is 13.4. The van der Waals surface area contributed by atoms with Crippen LogP contribution in [0.2, 0.25) is 0 Å². The monoisotopic (exact) mass is 329 g/mol. The van der Waals surface area contributed by atoms with Crippen molar-refractivity contribution in [3.05, 3.63) is 28.5 Å². The Morgan fingerprint density at radius 2 is 2.17 bits per heavy atom. The first-order valence-electron chi connectivity index (χ1n) is 5.58. The van der Waals surface area contributed by atoms with Gasteiger partial charge in [-0.3, -0.25) is 0 Å². The molecule has 0 bridgehead atoms. The van der Waals surface area contributed by atoms with Gasteiger partial charge in [0.2, 0.25) is 5.13 Å². The zero-order valence-corrected chi connectivity index (χ0v) is 12.5. The molecule has 0 saturated heterocycles. The summed E-state index contributed by atoms with van der Waals surface area (Å²) in [5.74, 6) is 0.790. The van der Waals surface area contributed by atoms with Crippen LogP contribution in [0.5, 0.6) is 0 Å². The topological polar surface area (TPSA) is 37.8 Å². The average Bonchev–Trinajstić information content (AvgIpc) is 2.73. The summed E-state index contributed by atoms with van der Waals surface area (Å²) in [6.45, 7) is 5.10. The highest BCUT2D eigenvalue weighted by atomic mass is 79.9. The lowest BCUT2D eigenvalue weighted by atomic mass is 10.2. The minimum absolute atomic E-state index is 0.300. The van der Waals surface area contributed by atoms with Crippen molar-refractivity contribution in [2.24, 2.45) is 5.92 Å². The van der Waals surface area contributed by atoms with Crippen LogP contribution >= 0.6 is 27.5 Å². The summed E-state index contributed by atoms with van der Waals surface area (Å²) in [5.41, 5.74) is 0.677. The Labute approximate surface area is 118 Å².